The minimum Gasteiger partial charge on any atom is -0.376 e. The molecule has 1 aliphatic carbocycles. The average molecular weight is 509 g/mol. The van der Waals surface area contributed by atoms with Crippen LogP contribution in [0.25, 0.3) is 0 Å². The Kier molecular flexibility index (Phi) is 6.80. The van der Waals surface area contributed by atoms with Gasteiger partial charge in [0, 0.05) is 36.9 Å². The van der Waals surface area contributed by atoms with E-state index in [9.17, 15) is 9.18 Å². The van der Waals surface area contributed by atoms with Crippen LogP contribution in [-0.2, 0) is 20.8 Å². The molecule has 37 heavy (non-hydrogen) atoms. The lowest BCUT2D eigenvalue weighted by atomic mass is 9.86. The summed E-state index contributed by atoms with van der Waals surface area (Å²) in [6.07, 6.45) is 7.50. The summed E-state index contributed by atoms with van der Waals surface area (Å²) >= 11 is 0. The van der Waals surface area contributed by atoms with Gasteiger partial charge < -0.3 is 24.6 Å². The van der Waals surface area contributed by atoms with Gasteiger partial charge in [0.25, 0.3) is 0 Å². The van der Waals surface area contributed by atoms with E-state index in [1.54, 1.807) is 0 Å². The molecule has 2 bridgehead atoms. The SMILES string of the molecule is CC(C)OC1CCC(C(=O)N2Cc3cc(F)cnc3Nc3ccc(N4CC5CCOC(C5)C4)cc32)CC1. The minimum atomic E-state index is -0.397. The smallest absolute Gasteiger partial charge is 0.230 e. The van der Waals surface area contributed by atoms with Crippen LogP contribution in [0.3, 0.4) is 0 Å². The van der Waals surface area contributed by atoms with Gasteiger partial charge >= 0.3 is 0 Å². The zero-order chi connectivity index (χ0) is 25.5. The molecule has 6 rings (SSSR count). The lowest BCUT2D eigenvalue weighted by Crippen LogP contribution is -2.47. The maximum absolute atomic E-state index is 14.2. The number of ether oxygens (including phenoxy) is 2. The number of carbonyl (C=O) groups is 1. The first-order valence-corrected chi connectivity index (χ1v) is 13.8. The molecule has 1 saturated carbocycles. The zero-order valence-corrected chi connectivity index (χ0v) is 21.8. The van der Waals surface area contributed by atoms with Crippen LogP contribution in [0.15, 0.2) is 30.5 Å². The van der Waals surface area contributed by atoms with Crippen molar-refractivity contribution in [3.8, 4) is 0 Å². The van der Waals surface area contributed by atoms with E-state index >= 15 is 0 Å². The van der Waals surface area contributed by atoms with Gasteiger partial charge in [0.05, 0.1) is 42.4 Å². The van der Waals surface area contributed by atoms with Crippen LogP contribution in [0.2, 0.25) is 0 Å². The molecule has 7 nitrogen and oxygen atoms in total. The van der Waals surface area contributed by atoms with E-state index in [-0.39, 0.29) is 30.1 Å². The first-order chi connectivity index (χ1) is 17.9. The Balaban J connectivity index is 1.30. The van der Waals surface area contributed by atoms with Gasteiger partial charge in [0.2, 0.25) is 5.91 Å². The van der Waals surface area contributed by atoms with Gasteiger partial charge in [-0.25, -0.2) is 9.37 Å². The van der Waals surface area contributed by atoms with Crippen molar-refractivity contribution in [1.29, 1.82) is 0 Å². The van der Waals surface area contributed by atoms with E-state index in [2.05, 4.69) is 41.2 Å². The molecule has 198 valence electrons. The fraction of sp³-hybridized carbons (Fsp3) is 0.586. The number of hydrogen-bond donors (Lipinski definition) is 1. The molecule has 2 aromatic rings. The number of benzene rings is 1. The Morgan fingerprint density at radius 3 is 2.78 bits per heavy atom. The summed E-state index contributed by atoms with van der Waals surface area (Å²) in [6.45, 7) is 7.13. The Morgan fingerprint density at radius 1 is 1.16 bits per heavy atom. The van der Waals surface area contributed by atoms with E-state index in [4.69, 9.17) is 9.47 Å². The maximum atomic E-state index is 14.2. The molecule has 2 unspecified atom stereocenters. The fourth-order valence-corrected chi connectivity index (χ4v) is 6.49. The van der Waals surface area contributed by atoms with Crippen LogP contribution in [0, 0.1) is 17.7 Å². The molecule has 1 N–H and O–H groups in total. The number of pyridine rings is 1. The largest absolute Gasteiger partial charge is 0.376 e. The second-order valence-electron chi connectivity index (χ2n) is 11.4. The first-order valence-electron chi connectivity index (χ1n) is 13.8. The number of carbonyl (C=O) groups excluding carboxylic acids is 1. The van der Waals surface area contributed by atoms with E-state index < -0.39 is 5.82 Å². The third-order valence-electron chi connectivity index (χ3n) is 8.28. The molecule has 2 saturated heterocycles. The van der Waals surface area contributed by atoms with Gasteiger partial charge in [0.1, 0.15) is 11.6 Å². The third kappa shape index (κ3) is 5.18. The van der Waals surface area contributed by atoms with E-state index in [1.807, 2.05) is 11.0 Å². The molecule has 0 spiro atoms. The molecule has 0 radical (unpaired) electrons. The molecule has 8 heteroatoms. The summed E-state index contributed by atoms with van der Waals surface area (Å²) in [5.41, 5.74) is 3.43. The zero-order valence-electron chi connectivity index (χ0n) is 21.8. The van der Waals surface area contributed by atoms with Crippen LogP contribution in [-0.4, -0.2) is 48.9 Å². The van der Waals surface area contributed by atoms with Crippen LogP contribution < -0.4 is 15.1 Å². The molecule has 1 aromatic carbocycles. The van der Waals surface area contributed by atoms with E-state index in [1.165, 1.54) is 12.3 Å². The Hall–Kier alpha value is -2.71. The summed E-state index contributed by atoms with van der Waals surface area (Å²) in [4.78, 5) is 22.6. The van der Waals surface area contributed by atoms with Gasteiger partial charge in [-0.05, 0) is 82.6 Å². The number of aromatic nitrogens is 1. The van der Waals surface area contributed by atoms with Crippen LogP contribution in [0.5, 0.6) is 0 Å². The average Bonchev–Trinajstić information content (AvgIpc) is 3.04. The second kappa shape index (κ2) is 10.2. The summed E-state index contributed by atoms with van der Waals surface area (Å²) in [6, 6.07) is 7.75. The molecular weight excluding hydrogens is 471 g/mol. The van der Waals surface area contributed by atoms with Crippen LogP contribution in [0.1, 0.15) is 57.9 Å². The number of hydrogen-bond acceptors (Lipinski definition) is 6. The summed E-state index contributed by atoms with van der Waals surface area (Å²) < 4.78 is 26.2. The van der Waals surface area contributed by atoms with Gasteiger partial charge in [-0.1, -0.05) is 0 Å². The lowest BCUT2D eigenvalue weighted by Gasteiger charge is -2.42. The van der Waals surface area contributed by atoms with Gasteiger partial charge in [-0.15, -0.1) is 0 Å². The Morgan fingerprint density at radius 2 is 2.00 bits per heavy atom. The summed E-state index contributed by atoms with van der Waals surface area (Å²) in [5, 5.41) is 3.38. The summed E-state index contributed by atoms with van der Waals surface area (Å²) in [7, 11) is 0. The predicted octanol–water partition coefficient (Wildman–Crippen LogP) is 5.41. The number of nitrogens with zero attached hydrogens (tertiary/aromatic N) is 3. The number of halogens is 1. The standard InChI is InChI=1S/C29H37FN4O3/c1-18(2)37-24-6-3-20(4-7-24)29(35)34-16-21-12-22(30)14-31-28(21)32-26-8-5-23(13-27(26)34)33-15-19-9-10-36-25(11-19)17-33/h5,8,12-14,18-20,24-25H,3-4,6-7,9-11,15-17H2,1-2H3,(H,31,32). The molecule has 1 amide bonds. The monoisotopic (exact) mass is 508 g/mol. The van der Waals surface area contributed by atoms with E-state index in [0.29, 0.717) is 23.8 Å². The molecule has 3 fully saturated rings. The fourth-order valence-electron chi connectivity index (χ4n) is 6.49. The molecule has 2 atom stereocenters. The van der Waals surface area contributed by atoms with Crippen molar-refractivity contribution >= 4 is 28.8 Å². The maximum Gasteiger partial charge on any atom is 0.230 e. The number of amides is 1. The number of nitrogens with one attached hydrogen (secondary N) is 1. The number of rotatable bonds is 4. The van der Waals surface area contributed by atoms with Crippen LogP contribution in [0.4, 0.5) is 27.3 Å². The van der Waals surface area contributed by atoms with Crippen molar-refractivity contribution < 1.29 is 18.7 Å². The molecule has 4 heterocycles. The summed E-state index contributed by atoms with van der Waals surface area (Å²) in [5.74, 6) is 0.863. The first kappa shape index (κ1) is 24.6. The van der Waals surface area contributed by atoms with Gasteiger partial charge in [0.15, 0.2) is 0 Å². The second-order valence-corrected chi connectivity index (χ2v) is 11.4. The van der Waals surface area contributed by atoms with Crippen molar-refractivity contribution in [2.75, 3.05) is 34.8 Å². The Labute approximate surface area is 218 Å². The molecular formula is C29H37FN4O3. The van der Waals surface area contributed by atoms with Gasteiger partial charge in [-0.2, -0.15) is 0 Å². The Bertz CT molecular complexity index is 1140. The highest BCUT2D eigenvalue weighted by molar-refractivity contribution is 6.00. The van der Waals surface area contributed by atoms with Crippen molar-refractivity contribution in [2.45, 2.75) is 77.2 Å². The van der Waals surface area contributed by atoms with Crippen molar-refractivity contribution in [3.63, 3.8) is 0 Å². The van der Waals surface area contributed by atoms with Gasteiger partial charge in [-0.3, -0.25) is 4.79 Å². The highest BCUT2D eigenvalue weighted by Gasteiger charge is 2.35. The number of piperidine rings is 1. The molecule has 3 aliphatic heterocycles. The lowest BCUT2D eigenvalue weighted by molar-refractivity contribution is -0.124. The molecule has 1 aromatic heterocycles. The van der Waals surface area contributed by atoms with Crippen molar-refractivity contribution in [2.24, 2.45) is 11.8 Å². The van der Waals surface area contributed by atoms with Crippen molar-refractivity contribution in [3.05, 3.63) is 41.8 Å². The number of fused-ring (bicyclic) bond motifs is 4. The topological polar surface area (TPSA) is 66.9 Å². The van der Waals surface area contributed by atoms with Crippen LogP contribution >= 0.6 is 0 Å². The quantitative estimate of drug-likeness (QED) is 0.596. The highest BCUT2D eigenvalue weighted by Crippen LogP contribution is 2.41. The number of anilines is 4. The minimum absolute atomic E-state index is 0.0747. The van der Waals surface area contributed by atoms with E-state index in [0.717, 1.165) is 75.3 Å². The molecule has 4 aliphatic rings. The third-order valence-corrected chi connectivity index (χ3v) is 8.28. The normalized spacial score (nSPS) is 27.2. The highest BCUT2D eigenvalue weighted by atomic mass is 19.1. The predicted molar refractivity (Wildman–Crippen MR) is 142 cm³/mol. The van der Waals surface area contributed by atoms with Crippen molar-refractivity contribution in [1.82, 2.24) is 4.98 Å².